The number of hydrogen-bond acceptors (Lipinski definition) is 5. The zero-order chi connectivity index (χ0) is 17.3. The van der Waals surface area contributed by atoms with Gasteiger partial charge in [-0.25, -0.2) is 13.9 Å². The van der Waals surface area contributed by atoms with Gasteiger partial charge in [0.1, 0.15) is 18.8 Å². The van der Waals surface area contributed by atoms with Gasteiger partial charge >= 0.3 is 5.97 Å². The molecule has 0 aliphatic heterocycles. The highest BCUT2D eigenvalue weighted by atomic mass is 79.9. The summed E-state index contributed by atoms with van der Waals surface area (Å²) in [6.45, 7) is 3.53. The van der Waals surface area contributed by atoms with Crippen molar-refractivity contribution in [1.82, 2.24) is 19.6 Å². The zero-order valence-corrected chi connectivity index (χ0v) is 14.7. The fraction of sp³-hybridized carbons (Fsp3) is 0.250. The molecule has 0 radical (unpaired) electrons. The van der Waals surface area contributed by atoms with Gasteiger partial charge < -0.3 is 4.74 Å². The highest BCUT2D eigenvalue weighted by Crippen LogP contribution is 2.17. The minimum absolute atomic E-state index is 0.0403. The van der Waals surface area contributed by atoms with E-state index in [1.807, 2.05) is 6.92 Å². The van der Waals surface area contributed by atoms with E-state index in [2.05, 4.69) is 31.0 Å². The van der Waals surface area contributed by atoms with Crippen molar-refractivity contribution in [2.24, 2.45) is 0 Å². The standard InChI is InChI=1S/C16H14BrFN4O2/c1-9-13(10(2)22-16(21-9)19-8-20-22)6-15(23)24-7-11-3-4-12(17)5-14(11)18/h3-5,8H,6-7H2,1-2H3. The van der Waals surface area contributed by atoms with Crippen LogP contribution in [0.4, 0.5) is 4.39 Å². The van der Waals surface area contributed by atoms with E-state index in [-0.39, 0.29) is 13.0 Å². The van der Waals surface area contributed by atoms with Crippen molar-refractivity contribution in [1.29, 1.82) is 0 Å². The number of halogens is 2. The fourth-order valence-corrected chi connectivity index (χ4v) is 2.74. The number of hydrogen-bond donors (Lipinski definition) is 0. The highest BCUT2D eigenvalue weighted by Gasteiger charge is 2.15. The molecular weight excluding hydrogens is 379 g/mol. The van der Waals surface area contributed by atoms with Crippen LogP contribution in [0.25, 0.3) is 5.78 Å². The number of ether oxygens (including phenoxy) is 1. The Hall–Kier alpha value is -2.35. The van der Waals surface area contributed by atoms with Gasteiger partial charge in [0, 0.05) is 27.0 Å². The molecule has 0 saturated carbocycles. The molecule has 2 aromatic heterocycles. The summed E-state index contributed by atoms with van der Waals surface area (Å²) in [7, 11) is 0. The van der Waals surface area contributed by atoms with Crippen molar-refractivity contribution in [3.05, 3.63) is 57.3 Å². The molecule has 6 nitrogen and oxygen atoms in total. The number of nitrogens with zero attached hydrogens (tertiary/aromatic N) is 4. The van der Waals surface area contributed by atoms with Crippen molar-refractivity contribution >= 4 is 27.7 Å². The SMILES string of the molecule is Cc1nc2ncnn2c(C)c1CC(=O)OCc1ccc(Br)cc1F. The van der Waals surface area contributed by atoms with Crippen LogP contribution in [0, 0.1) is 19.7 Å². The quantitative estimate of drug-likeness (QED) is 0.638. The maximum Gasteiger partial charge on any atom is 0.310 e. The monoisotopic (exact) mass is 392 g/mol. The first-order valence-electron chi connectivity index (χ1n) is 7.21. The Morgan fingerprint density at radius 3 is 2.92 bits per heavy atom. The highest BCUT2D eigenvalue weighted by molar-refractivity contribution is 9.10. The van der Waals surface area contributed by atoms with Gasteiger partial charge in [-0.2, -0.15) is 10.1 Å². The Morgan fingerprint density at radius 1 is 1.38 bits per heavy atom. The Kier molecular flexibility index (Phi) is 4.57. The summed E-state index contributed by atoms with van der Waals surface area (Å²) in [4.78, 5) is 20.5. The number of carbonyl (C=O) groups excluding carboxylic acids is 1. The van der Waals surface area contributed by atoms with Crippen LogP contribution >= 0.6 is 15.9 Å². The molecule has 3 rings (SSSR count). The number of aromatic nitrogens is 4. The van der Waals surface area contributed by atoms with Gasteiger partial charge in [0.15, 0.2) is 0 Å². The summed E-state index contributed by atoms with van der Waals surface area (Å²) in [5, 5.41) is 4.08. The van der Waals surface area contributed by atoms with E-state index in [0.717, 1.165) is 11.3 Å². The van der Waals surface area contributed by atoms with Gasteiger partial charge in [-0.05, 0) is 26.0 Å². The minimum atomic E-state index is -0.454. The molecule has 8 heteroatoms. The number of carbonyl (C=O) groups is 1. The topological polar surface area (TPSA) is 69.4 Å². The van der Waals surface area contributed by atoms with Crippen molar-refractivity contribution in [3.8, 4) is 0 Å². The van der Waals surface area contributed by atoms with Crippen LogP contribution in [0.15, 0.2) is 29.0 Å². The van der Waals surface area contributed by atoms with Crippen LogP contribution in [0.3, 0.4) is 0 Å². The lowest BCUT2D eigenvalue weighted by atomic mass is 10.1. The third kappa shape index (κ3) is 3.28. The van der Waals surface area contributed by atoms with Crippen molar-refractivity contribution in [3.63, 3.8) is 0 Å². The van der Waals surface area contributed by atoms with Crippen molar-refractivity contribution in [2.45, 2.75) is 26.9 Å². The Bertz CT molecular complexity index is 926. The Labute approximate surface area is 145 Å². The fourth-order valence-electron chi connectivity index (χ4n) is 2.40. The van der Waals surface area contributed by atoms with Gasteiger partial charge in [0.25, 0.3) is 5.78 Å². The maximum atomic E-state index is 13.7. The second-order valence-electron chi connectivity index (χ2n) is 5.31. The first kappa shape index (κ1) is 16.5. The third-order valence-electron chi connectivity index (χ3n) is 3.71. The normalized spacial score (nSPS) is 11.0. The van der Waals surface area contributed by atoms with E-state index in [9.17, 15) is 9.18 Å². The van der Waals surface area contributed by atoms with E-state index in [0.29, 0.717) is 21.5 Å². The maximum absolute atomic E-state index is 13.7. The molecule has 2 heterocycles. The third-order valence-corrected chi connectivity index (χ3v) is 4.21. The molecule has 0 fully saturated rings. The van der Waals surface area contributed by atoms with Gasteiger partial charge in [0.05, 0.1) is 6.42 Å². The van der Waals surface area contributed by atoms with E-state index >= 15 is 0 Å². The van der Waals surface area contributed by atoms with E-state index in [1.165, 1.54) is 12.4 Å². The predicted octanol–water partition coefficient (Wildman–Crippen LogP) is 2.93. The first-order chi connectivity index (χ1) is 11.5. The van der Waals surface area contributed by atoms with Gasteiger partial charge in [-0.1, -0.05) is 22.0 Å². The Balaban J connectivity index is 1.73. The van der Waals surface area contributed by atoms with Gasteiger partial charge in [-0.3, -0.25) is 4.79 Å². The molecule has 124 valence electrons. The summed E-state index contributed by atoms with van der Waals surface area (Å²) < 4.78 is 21.1. The summed E-state index contributed by atoms with van der Waals surface area (Å²) >= 11 is 3.18. The molecule has 0 N–H and O–H groups in total. The second kappa shape index (κ2) is 6.64. The van der Waals surface area contributed by atoms with E-state index in [1.54, 1.807) is 23.6 Å². The molecule has 3 aromatic rings. The molecule has 0 unspecified atom stereocenters. The van der Waals surface area contributed by atoms with Crippen LogP contribution in [0.2, 0.25) is 0 Å². The first-order valence-corrected chi connectivity index (χ1v) is 8.00. The van der Waals surface area contributed by atoms with Crippen molar-refractivity contribution < 1.29 is 13.9 Å². The molecule has 0 atom stereocenters. The number of aryl methyl sites for hydroxylation is 2. The lowest BCUT2D eigenvalue weighted by molar-refractivity contribution is -0.144. The van der Waals surface area contributed by atoms with Gasteiger partial charge in [-0.15, -0.1) is 0 Å². The van der Waals surface area contributed by atoms with Crippen LogP contribution in [-0.4, -0.2) is 25.6 Å². The van der Waals surface area contributed by atoms with Gasteiger partial charge in [0.2, 0.25) is 0 Å². The van der Waals surface area contributed by atoms with E-state index < -0.39 is 11.8 Å². The molecule has 24 heavy (non-hydrogen) atoms. The second-order valence-corrected chi connectivity index (χ2v) is 6.22. The summed E-state index contributed by atoms with van der Waals surface area (Å²) in [6.07, 6.45) is 1.45. The average molecular weight is 393 g/mol. The lowest BCUT2D eigenvalue weighted by Gasteiger charge is -2.10. The van der Waals surface area contributed by atoms with Crippen LogP contribution in [-0.2, 0) is 22.6 Å². The molecule has 1 aromatic carbocycles. The summed E-state index contributed by atoms with van der Waals surface area (Å²) in [6, 6.07) is 4.61. The molecular formula is C16H14BrFN4O2. The smallest absolute Gasteiger partial charge is 0.310 e. The summed E-state index contributed by atoms with van der Waals surface area (Å²) in [5.41, 5.74) is 2.53. The molecule has 0 aliphatic rings. The molecule has 0 amide bonds. The predicted molar refractivity (Wildman–Crippen MR) is 87.9 cm³/mol. The average Bonchev–Trinajstić information content (AvgIpc) is 2.99. The number of benzene rings is 1. The molecule has 0 spiro atoms. The molecule has 0 saturated heterocycles. The number of rotatable bonds is 4. The molecule has 0 aliphatic carbocycles. The number of fused-ring (bicyclic) bond motifs is 1. The van der Waals surface area contributed by atoms with Crippen LogP contribution in [0.1, 0.15) is 22.5 Å². The van der Waals surface area contributed by atoms with Crippen LogP contribution in [0.5, 0.6) is 0 Å². The number of esters is 1. The van der Waals surface area contributed by atoms with E-state index in [4.69, 9.17) is 4.74 Å². The van der Waals surface area contributed by atoms with Crippen molar-refractivity contribution in [2.75, 3.05) is 0 Å². The molecule has 0 bridgehead atoms. The minimum Gasteiger partial charge on any atom is -0.460 e. The summed E-state index contributed by atoms with van der Waals surface area (Å²) in [5.74, 6) is -0.390. The lowest BCUT2D eigenvalue weighted by Crippen LogP contribution is -2.14. The van der Waals surface area contributed by atoms with Crippen LogP contribution < -0.4 is 0 Å². The largest absolute Gasteiger partial charge is 0.460 e. The zero-order valence-electron chi connectivity index (χ0n) is 13.1. The Morgan fingerprint density at radius 2 is 2.17 bits per heavy atom.